The number of carbonyl (C=O) groups excluding carboxylic acids is 1. The fraction of sp³-hybridized carbons (Fsp3) is 0.389. The number of rotatable bonds is 4. The predicted molar refractivity (Wildman–Crippen MR) is 103 cm³/mol. The quantitative estimate of drug-likeness (QED) is 0.772. The van der Waals surface area contributed by atoms with Gasteiger partial charge < -0.3 is 20.1 Å². The maximum absolute atomic E-state index is 12.5. The zero-order valence-electron chi connectivity index (χ0n) is 15.4. The van der Waals surface area contributed by atoms with Crippen LogP contribution in [0.25, 0.3) is 11.3 Å². The molecule has 4 rings (SSSR count). The van der Waals surface area contributed by atoms with Crippen LogP contribution < -0.4 is 15.5 Å². The van der Waals surface area contributed by atoms with Crippen molar-refractivity contribution in [2.24, 2.45) is 0 Å². The van der Waals surface area contributed by atoms with Crippen LogP contribution in [0.15, 0.2) is 25.0 Å². The zero-order valence-corrected chi connectivity index (χ0v) is 15.4. The van der Waals surface area contributed by atoms with Gasteiger partial charge in [0.1, 0.15) is 12.4 Å². The molecule has 1 saturated heterocycles. The average molecular weight is 383 g/mol. The monoisotopic (exact) mass is 383 g/mol. The molecule has 28 heavy (non-hydrogen) atoms. The summed E-state index contributed by atoms with van der Waals surface area (Å²) in [6.45, 7) is 6.75. The first-order chi connectivity index (χ1) is 13.7. The highest BCUT2D eigenvalue weighted by molar-refractivity contribution is 5.91. The van der Waals surface area contributed by atoms with E-state index in [1.165, 1.54) is 11.0 Å². The maximum Gasteiger partial charge on any atom is 0.415 e. The second-order valence-electron chi connectivity index (χ2n) is 6.37. The van der Waals surface area contributed by atoms with E-state index in [1.807, 2.05) is 4.90 Å². The van der Waals surface area contributed by atoms with Gasteiger partial charge in [-0.3, -0.25) is 4.90 Å². The van der Waals surface area contributed by atoms with Gasteiger partial charge in [-0.05, 0) is 6.42 Å². The van der Waals surface area contributed by atoms with E-state index in [2.05, 4.69) is 21.5 Å². The summed E-state index contributed by atoms with van der Waals surface area (Å²) in [4.78, 5) is 33.6. The van der Waals surface area contributed by atoms with Crippen LogP contribution in [-0.4, -0.2) is 65.5 Å². The molecule has 0 unspecified atom stereocenters. The van der Waals surface area contributed by atoms with E-state index < -0.39 is 6.09 Å². The van der Waals surface area contributed by atoms with E-state index in [0.29, 0.717) is 56.7 Å². The van der Waals surface area contributed by atoms with E-state index in [4.69, 9.17) is 20.2 Å². The first kappa shape index (κ1) is 18.1. The summed E-state index contributed by atoms with van der Waals surface area (Å²) in [6.07, 6.45) is 4.96. The number of hydrogen-bond donors (Lipinski definition) is 1. The van der Waals surface area contributed by atoms with Gasteiger partial charge in [0.2, 0.25) is 11.9 Å². The molecule has 0 bridgehead atoms. The van der Waals surface area contributed by atoms with Gasteiger partial charge in [0.15, 0.2) is 0 Å². The van der Waals surface area contributed by atoms with E-state index in [9.17, 15) is 4.79 Å². The number of hydrogen-bond acceptors (Lipinski definition) is 9. The first-order valence-electron chi connectivity index (χ1n) is 9.04. The number of nitrogen functional groups attached to an aromatic ring is 1. The lowest BCUT2D eigenvalue weighted by atomic mass is 10.1. The summed E-state index contributed by atoms with van der Waals surface area (Å²) in [5, 5.41) is 0. The zero-order chi connectivity index (χ0) is 19.5. The number of nitrogens with two attached hydrogens (primary N) is 1. The third-order valence-electron chi connectivity index (χ3n) is 4.60. The van der Waals surface area contributed by atoms with Gasteiger partial charge in [-0.1, -0.05) is 12.7 Å². The van der Waals surface area contributed by atoms with Crippen molar-refractivity contribution < 1.29 is 14.3 Å². The predicted octanol–water partition coefficient (Wildman–Crippen LogP) is 1.04. The van der Waals surface area contributed by atoms with Gasteiger partial charge in [0, 0.05) is 43.2 Å². The van der Waals surface area contributed by atoms with Crippen LogP contribution in [-0.2, 0) is 15.9 Å². The second-order valence-corrected chi connectivity index (χ2v) is 6.37. The maximum atomic E-state index is 12.5. The van der Waals surface area contributed by atoms with Crippen molar-refractivity contribution in [2.45, 2.75) is 6.42 Å². The second kappa shape index (κ2) is 7.77. The van der Waals surface area contributed by atoms with Crippen LogP contribution in [0.4, 0.5) is 22.5 Å². The van der Waals surface area contributed by atoms with Gasteiger partial charge >= 0.3 is 6.09 Å². The Hall–Kier alpha value is -3.27. The minimum Gasteiger partial charge on any atom is -0.445 e. The number of aromatic nitrogens is 4. The van der Waals surface area contributed by atoms with Crippen LogP contribution >= 0.6 is 0 Å². The van der Waals surface area contributed by atoms with Gasteiger partial charge in [0.25, 0.3) is 0 Å². The minimum atomic E-state index is -0.454. The molecule has 0 atom stereocenters. The van der Waals surface area contributed by atoms with E-state index in [1.54, 1.807) is 12.4 Å². The summed E-state index contributed by atoms with van der Waals surface area (Å²) in [7, 11) is 0. The van der Waals surface area contributed by atoms with E-state index in [0.717, 1.165) is 11.1 Å². The number of carbonyl (C=O) groups is 1. The van der Waals surface area contributed by atoms with Gasteiger partial charge in [-0.25, -0.2) is 19.7 Å². The van der Waals surface area contributed by atoms with Crippen LogP contribution in [0.2, 0.25) is 0 Å². The van der Waals surface area contributed by atoms with Crippen LogP contribution in [0.1, 0.15) is 5.56 Å². The highest BCUT2D eigenvalue weighted by Crippen LogP contribution is 2.35. The molecule has 10 nitrogen and oxygen atoms in total. The topological polar surface area (TPSA) is 120 Å². The highest BCUT2D eigenvalue weighted by Gasteiger charge is 2.32. The molecule has 1 amide bonds. The number of ether oxygens (including phenoxy) is 2. The molecule has 0 aromatic carbocycles. The molecule has 0 saturated carbocycles. The lowest BCUT2D eigenvalue weighted by Gasteiger charge is -2.28. The Labute approximate surface area is 162 Å². The number of fused-ring (bicyclic) bond motifs is 1. The summed E-state index contributed by atoms with van der Waals surface area (Å²) in [6, 6.07) is 0. The molecule has 2 aromatic heterocycles. The third-order valence-corrected chi connectivity index (χ3v) is 4.60. The van der Waals surface area contributed by atoms with Crippen molar-refractivity contribution in [2.75, 3.05) is 55.0 Å². The Bertz CT molecular complexity index is 881. The average Bonchev–Trinajstić information content (AvgIpc) is 3.17. The van der Waals surface area contributed by atoms with Crippen molar-refractivity contribution in [1.29, 1.82) is 0 Å². The van der Waals surface area contributed by atoms with Gasteiger partial charge in [0.05, 0.1) is 18.9 Å². The summed E-state index contributed by atoms with van der Waals surface area (Å²) in [5.74, 6) is 1.28. The number of anilines is 3. The van der Waals surface area contributed by atoms with E-state index >= 15 is 0 Å². The summed E-state index contributed by atoms with van der Waals surface area (Å²) < 4.78 is 10.6. The van der Waals surface area contributed by atoms with Crippen LogP contribution in [0.3, 0.4) is 0 Å². The summed E-state index contributed by atoms with van der Waals surface area (Å²) in [5.41, 5.74) is 7.91. The SMILES string of the molecule is C=CCOC(=O)N1CCc2c(-c3cnc(N)nc3)nc(N3CCOCC3)nc21. The number of morpholine rings is 1. The molecule has 2 aromatic rings. The van der Waals surface area contributed by atoms with E-state index in [-0.39, 0.29) is 12.6 Å². The lowest BCUT2D eigenvalue weighted by molar-refractivity contribution is 0.122. The number of nitrogens with zero attached hydrogens (tertiary/aromatic N) is 6. The molecule has 0 spiro atoms. The molecular weight excluding hydrogens is 362 g/mol. The number of amides is 1. The first-order valence-corrected chi connectivity index (χ1v) is 9.04. The fourth-order valence-corrected chi connectivity index (χ4v) is 3.23. The molecule has 4 heterocycles. The molecule has 2 aliphatic rings. The highest BCUT2D eigenvalue weighted by atomic mass is 16.6. The minimum absolute atomic E-state index is 0.144. The molecule has 10 heteroatoms. The molecule has 0 aliphatic carbocycles. The van der Waals surface area contributed by atoms with Crippen LogP contribution in [0, 0.1) is 0 Å². The summed E-state index contributed by atoms with van der Waals surface area (Å²) >= 11 is 0. The Morgan fingerprint density at radius 3 is 2.71 bits per heavy atom. The fourth-order valence-electron chi connectivity index (χ4n) is 3.23. The largest absolute Gasteiger partial charge is 0.445 e. The van der Waals surface area contributed by atoms with Crippen molar-refractivity contribution in [1.82, 2.24) is 19.9 Å². The Morgan fingerprint density at radius 1 is 1.25 bits per heavy atom. The van der Waals surface area contributed by atoms with Crippen molar-refractivity contribution in [3.05, 3.63) is 30.6 Å². The molecular formula is C18H21N7O3. The third kappa shape index (κ3) is 3.46. The molecule has 146 valence electrons. The Kier molecular flexibility index (Phi) is 5.02. The van der Waals surface area contributed by atoms with Gasteiger partial charge in [-0.15, -0.1) is 0 Å². The van der Waals surface area contributed by atoms with Crippen molar-refractivity contribution in [3.63, 3.8) is 0 Å². The Balaban J connectivity index is 1.77. The molecule has 2 aliphatic heterocycles. The lowest BCUT2D eigenvalue weighted by Crippen LogP contribution is -2.38. The molecule has 1 fully saturated rings. The van der Waals surface area contributed by atoms with Crippen molar-refractivity contribution in [3.8, 4) is 11.3 Å². The molecule has 0 radical (unpaired) electrons. The van der Waals surface area contributed by atoms with Crippen LogP contribution in [0.5, 0.6) is 0 Å². The van der Waals surface area contributed by atoms with Crippen molar-refractivity contribution >= 4 is 23.8 Å². The normalized spacial score (nSPS) is 16.0. The molecule has 2 N–H and O–H groups in total. The standard InChI is InChI=1S/C18H21N7O3/c1-2-7-28-18(26)25-4-3-13-14(12-10-20-16(19)21-11-12)22-17(23-15(13)25)24-5-8-27-9-6-24/h2,10-11H,1,3-9H2,(H2,19,20,21). The smallest absolute Gasteiger partial charge is 0.415 e. The van der Waals surface area contributed by atoms with Gasteiger partial charge in [-0.2, -0.15) is 4.98 Å². The Morgan fingerprint density at radius 2 is 2.00 bits per heavy atom.